The van der Waals surface area contributed by atoms with Crippen LogP contribution in [0.4, 0.5) is 0 Å². The Kier molecular flexibility index (Phi) is 4.43. The average molecular weight is 197 g/mol. The van der Waals surface area contributed by atoms with Gasteiger partial charge in [-0.05, 0) is 56.7 Å². The van der Waals surface area contributed by atoms with Crippen LogP contribution in [0.3, 0.4) is 0 Å². The molecule has 0 saturated carbocycles. The summed E-state index contributed by atoms with van der Waals surface area (Å²) in [6.07, 6.45) is 2.80. The molecule has 2 atom stereocenters. The fourth-order valence-electron chi connectivity index (χ4n) is 2.93. The number of likely N-dealkylation sites (tertiary alicyclic amines) is 1. The monoisotopic (exact) mass is 197 g/mol. The molecule has 0 aliphatic carbocycles. The van der Waals surface area contributed by atoms with E-state index >= 15 is 0 Å². The van der Waals surface area contributed by atoms with Crippen LogP contribution < -0.4 is 0 Å². The molecule has 0 amide bonds. The molecule has 1 fully saturated rings. The summed E-state index contributed by atoms with van der Waals surface area (Å²) >= 11 is 0. The molecule has 14 heavy (non-hydrogen) atoms. The first-order valence-corrected chi connectivity index (χ1v) is 6.21. The molecule has 0 bridgehead atoms. The van der Waals surface area contributed by atoms with Crippen molar-refractivity contribution in [2.75, 3.05) is 20.1 Å². The topological polar surface area (TPSA) is 3.24 Å². The third-order valence-electron chi connectivity index (χ3n) is 3.95. The van der Waals surface area contributed by atoms with E-state index in [0.29, 0.717) is 0 Å². The minimum Gasteiger partial charge on any atom is -0.306 e. The summed E-state index contributed by atoms with van der Waals surface area (Å²) in [6.45, 7) is 12.2. The lowest BCUT2D eigenvalue weighted by molar-refractivity contribution is 0.190. The Morgan fingerprint density at radius 3 is 1.50 bits per heavy atom. The maximum atomic E-state index is 2.50. The van der Waals surface area contributed by atoms with Gasteiger partial charge >= 0.3 is 0 Å². The summed E-state index contributed by atoms with van der Waals surface area (Å²) < 4.78 is 0. The van der Waals surface area contributed by atoms with E-state index in [0.717, 1.165) is 23.7 Å². The predicted octanol–water partition coefficient (Wildman–Crippen LogP) is 3.26. The number of hydrogen-bond acceptors (Lipinski definition) is 1. The van der Waals surface area contributed by atoms with Gasteiger partial charge in [-0.15, -0.1) is 0 Å². The Morgan fingerprint density at radius 2 is 1.21 bits per heavy atom. The molecule has 1 heteroatoms. The van der Waals surface area contributed by atoms with Crippen molar-refractivity contribution in [3.05, 3.63) is 0 Å². The molecule has 0 aromatic heterocycles. The standard InChI is InChI=1S/C13H27N/c1-10(2)12-6-8-14(5)9-7-13(12)11(3)4/h10-13H,6-9H2,1-5H3. The minimum atomic E-state index is 0.855. The molecule has 1 heterocycles. The Labute approximate surface area is 89.9 Å². The van der Waals surface area contributed by atoms with Crippen LogP contribution in [0, 0.1) is 23.7 Å². The van der Waals surface area contributed by atoms with Crippen molar-refractivity contribution >= 4 is 0 Å². The van der Waals surface area contributed by atoms with E-state index in [4.69, 9.17) is 0 Å². The van der Waals surface area contributed by atoms with Crippen LogP contribution in [-0.4, -0.2) is 25.0 Å². The van der Waals surface area contributed by atoms with Crippen LogP contribution >= 0.6 is 0 Å². The molecule has 0 radical (unpaired) electrons. The van der Waals surface area contributed by atoms with Crippen molar-refractivity contribution in [3.63, 3.8) is 0 Å². The van der Waals surface area contributed by atoms with E-state index in [1.165, 1.54) is 25.9 Å². The van der Waals surface area contributed by atoms with Crippen molar-refractivity contribution in [3.8, 4) is 0 Å². The predicted molar refractivity (Wildman–Crippen MR) is 63.4 cm³/mol. The molecule has 84 valence electrons. The van der Waals surface area contributed by atoms with E-state index < -0.39 is 0 Å². The van der Waals surface area contributed by atoms with Gasteiger partial charge in [-0.1, -0.05) is 27.7 Å². The minimum absolute atomic E-state index is 0.855. The van der Waals surface area contributed by atoms with Crippen LogP contribution in [0.15, 0.2) is 0 Å². The van der Waals surface area contributed by atoms with Gasteiger partial charge in [0, 0.05) is 0 Å². The third kappa shape index (κ3) is 2.98. The summed E-state index contributed by atoms with van der Waals surface area (Å²) in [5.41, 5.74) is 0. The van der Waals surface area contributed by atoms with E-state index in [9.17, 15) is 0 Å². The molecule has 0 aromatic carbocycles. The molecule has 0 spiro atoms. The Hall–Kier alpha value is -0.0400. The van der Waals surface area contributed by atoms with Gasteiger partial charge in [0.25, 0.3) is 0 Å². The lowest BCUT2D eigenvalue weighted by Gasteiger charge is -2.31. The zero-order valence-electron chi connectivity index (χ0n) is 10.6. The van der Waals surface area contributed by atoms with Gasteiger partial charge in [0.05, 0.1) is 0 Å². The Morgan fingerprint density at radius 1 is 0.857 bits per heavy atom. The van der Waals surface area contributed by atoms with E-state index in [1.54, 1.807) is 0 Å². The van der Waals surface area contributed by atoms with Gasteiger partial charge in [-0.25, -0.2) is 0 Å². The summed E-state index contributed by atoms with van der Waals surface area (Å²) in [6, 6.07) is 0. The highest BCUT2D eigenvalue weighted by molar-refractivity contribution is 4.80. The van der Waals surface area contributed by atoms with Crippen molar-refractivity contribution in [2.24, 2.45) is 23.7 Å². The molecule has 1 saturated heterocycles. The summed E-state index contributed by atoms with van der Waals surface area (Å²) in [7, 11) is 2.26. The molecular weight excluding hydrogens is 170 g/mol. The van der Waals surface area contributed by atoms with Crippen molar-refractivity contribution < 1.29 is 0 Å². The Bertz CT molecular complexity index is 145. The lowest BCUT2D eigenvalue weighted by Crippen LogP contribution is -2.24. The third-order valence-corrected chi connectivity index (χ3v) is 3.95. The number of rotatable bonds is 2. The molecule has 1 rings (SSSR count). The summed E-state index contributed by atoms with van der Waals surface area (Å²) in [5, 5.41) is 0. The van der Waals surface area contributed by atoms with Crippen LogP contribution in [0.1, 0.15) is 40.5 Å². The van der Waals surface area contributed by atoms with Gasteiger partial charge < -0.3 is 4.90 Å². The van der Waals surface area contributed by atoms with Crippen molar-refractivity contribution in [2.45, 2.75) is 40.5 Å². The molecule has 1 aliphatic heterocycles. The van der Waals surface area contributed by atoms with Gasteiger partial charge in [0.2, 0.25) is 0 Å². The van der Waals surface area contributed by atoms with Crippen molar-refractivity contribution in [1.29, 1.82) is 0 Å². The highest BCUT2D eigenvalue weighted by Gasteiger charge is 2.29. The smallest absolute Gasteiger partial charge is 0.00189 e. The maximum absolute atomic E-state index is 2.50. The summed E-state index contributed by atoms with van der Waals surface area (Å²) in [5.74, 6) is 3.60. The average Bonchev–Trinajstić information content (AvgIpc) is 2.26. The first-order valence-electron chi connectivity index (χ1n) is 6.21. The normalized spacial score (nSPS) is 31.1. The maximum Gasteiger partial charge on any atom is -0.00189 e. The lowest BCUT2D eigenvalue weighted by atomic mass is 9.74. The van der Waals surface area contributed by atoms with Gasteiger partial charge in [-0.3, -0.25) is 0 Å². The second-order valence-corrected chi connectivity index (χ2v) is 5.70. The summed E-state index contributed by atoms with van der Waals surface area (Å²) in [4.78, 5) is 2.50. The van der Waals surface area contributed by atoms with E-state index in [-0.39, 0.29) is 0 Å². The van der Waals surface area contributed by atoms with Crippen LogP contribution in [-0.2, 0) is 0 Å². The molecule has 1 aliphatic rings. The van der Waals surface area contributed by atoms with Gasteiger partial charge in [-0.2, -0.15) is 0 Å². The largest absolute Gasteiger partial charge is 0.306 e. The fraction of sp³-hybridized carbons (Fsp3) is 1.00. The van der Waals surface area contributed by atoms with Crippen LogP contribution in [0.5, 0.6) is 0 Å². The number of nitrogens with zero attached hydrogens (tertiary/aromatic N) is 1. The zero-order valence-corrected chi connectivity index (χ0v) is 10.6. The van der Waals surface area contributed by atoms with Gasteiger partial charge in [0.1, 0.15) is 0 Å². The fourth-order valence-corrected chi connectivity index (χ4v) is 2.93. The zero-order chi connectivity index (χ0) is 10.7. The molecule has 2 unspecified atom stereocenters. The van der Waals surface area contributed by atoms with E-state index in [1.807, 2.05) is 0 Å². The second kappa shape index (κ2) is 5.16. The SMILES string of the molecule is CC(C)C1CCN(C)CCC1C(C)C. The quantitative estimate of drug-likeness (QED) is 0.657. The second-order valence-electron chi connectivity index (χ2n) is 5.70. The first-order chi connectivity index (χ1) is 6.52. The highest BCUT2D eigenvalue weighted by Crippen LogP contribution is 2.34. The van der Waals surface area contributed by atoms with E-state index in [2.05, 4.69) is 39.6 Å². The molecule has 0 N–H and O–H groups in total. The molecule has 1 nitrogen and oxygen atoms in total. The van der Waals surface area contributed by atoms with Gasteiger partial charge in [0.15, 0.2) is 0 Å². The number of hydrogen-bond donors (Lipinski definition) is 0. The Balaban J connectivity index is 2.66. The molecule has 0 aromatic rings. The highest BCUT2D eigenvalue weighted by atomic mass is 15.1. The van der Waals surface area contributed by atoms with Crippen LogP contribution in [0.25, 0.3) is 0 Å². The molecular formula is C13H27N. The van der Waals surface area contributed by atoms with Crippen LogP contribution in [0.2, 0.25) is 0 Å². The van der Waals surface area contributed by atoms with Crippen molar-refractivity contribution in [1.82, 2.24) is 4.90 Å². The first kappa shape index (κ1) is 12.0.